The van der Waals surface area contributed by atoms with Gasteiger partial charge in [0.25, 0.3) is 0 Å². The van der Waals surface area contributed by atoms with Crippen molar-refractivity contribution in [3.8, 4) is 0 Å². The molecule has 0 aliphatic heterocycles. The number of carbonyl (C=O) groups is 3. The standard InChI is InChI=1S/C18H27N3O5/c1-2-3-9-15(17(19)24)21-16(23)10-14(22)11-20-18(25)26-12-13-7-5-4-6-8-13/h4-8,14-15,22H,2-3,9-12H2,1H3,(H2,19,24)(H,20,25)(H,21,23)/t14-,15-/m1/s1. The predicted molar refractivity (Wildman–Crippen MR) is 95.9 cm³/mol. The largest absolute Gasteiger partial charge is 0.445 e. The highest BCUT2D eigenvalue weighted by atomic mass is 16.5. The number of alkyl carbamates (subject to hydrolysis) is 1. The predicted octanol–water partition coefficient (Wildman–Crippen LogP) is 0.824. The van der Waals surface area contributed by atoms with Crippen LogP contribution in [0, 0.1) is 0 Å². The minimum Gasteiger partial charge on any atom is -0.445 e. The Morgan fingerprint density at radius 3 is 2.54 bits per heavy atom. The molecule has 0 aromatic heterocycles. The fourth-order valence-corrected chi connectivity index (χ4v) is 2.21. The lowest BCUT2D eigenvalue weighted by atomic mass is 10.1. The molecule has 0 spiro atoms. The van der Waals surface area contributed by atoms with Crippen molar-refractivity contribution in [3.05, 3.63) is 35.9 Å². The highest BCUT2D eigenvalue weighted by molar-refractivity contribution is 5.86. The van der Waals surface area contributed by atoms with Gasteiger partial charge in [0.2, 0.25) is 11.8 Å². The van der Waals surface area contributed by atoms with E-state index in [1.165, 1.54) is 0 Å². The molecule has 0 saturated heterocycles. The quantitative estimate of drug-likeness (QED) is 0.461. The van der Waals surface area contributed by atoms with Gasteiger partial charge in [0, 0.05) is 6.54 Å². The molecule has 0 fully saturated rings. The minimum atomic E-state index is -1.10. The fraction of sp³-hybridized carbons (Fsp3) is 0.500. The van der Waals surface area contributed by atoms with Crippen LogP contribution in [0.15, 0.2) is 30.3 Å². The normalized spacial score (nSPS) is 12.7. The summed E-state index contributed by atoms with van der Waals surface area (Å²) in [6.45, 7) is 1.93. The van der Waals surface area contributed by atoms with Crippen molar-refractivity contribution < 1.29 is 24.2 Å². The number of hydrogen-bond acceptors (Lipinski definition) is 5. The number of aliphatic hydroxyl groups excluding tert-OH is 1. The van der Waals surface area contributed by atoms with Crippen molar-refractivity contribution in [2.75, 3.05) is 6.54 Å². The Labute approximate surface area is 153 Å². The number of nitrogens with two attached hydrogens (primary N) is 1. The van der Waals surface area contributed by atoms with Gasteiger partial charge >= 0.3 is 6.09 Å². The number of hydrogen-bond donors (Lipinski definition) is 4. The van der Waals surface area contributed by atoms with Crippen molar-refractivity contribution in [2.45, 2.75) is 51.4 Å². The minimum absolute atomic E-state index is 0.112. The molecule has 0 saturated carbocycles. The molecule has 2 atom stereocenters. The van der Waals surface area contributed by atoms with E-state index in [4.69, 9.17) is 10.5 Å². The van der Waals surface area contributed by atoms with E-state index < -0.39 is 30.1 Å². The van der Waals surface area contributed by atoms with Gasteiger partial charge in [-0.2, -0.15) is 0 Å². The molecule has 0 aliphatic carbocycles. The summed E-state index contributed by atoms with van der Waals surface area (Å²) < 4.78 is 5.00. The number of primary amides is 1. The summed E-state index contributed by atoms with van der Waals surface area (Å²) in [5.41, 5.74) is 6.09. The van der Waals surface area contributed by atoms with Crippen LogP contribution in [0.25, 0.3) is 0 Å². The van der Waals surface area contributed by atoms with Gasteiger partial charge < -0.3 is 26.2 Å². The topological polar surface area (TPSA) is 131 Å². The van der Waals surface area contributed by atoms with E-state index in [9.17, 15) is 19.5 Å². The summed E-state index contributed by atoms with van der Waals surface area (Å²) in [6, 6.07) is 8.41. The maximum absolute atomic E-state index is 11.9. The van der Waals surface area contributed by atoms with E-state index in [1.54, 1.807) is 0 Å². The zero-order valence-electron chi connectivity index (χ0n) is 14.9. The molecule has 0 radical (unpaired) electrons. The van der Waals surface area contributed by atoms with Crippen LogP contribution in [0.2, 0.25) is 0 Å². The second-order valence-electron chi connectivity index (χ2n) is 5.97. The van der Waals surface area contributed by atoms with E-state index in [0.717, 1.165) is 18.4 Å². The third kappa shape index (κ3) is 9.03. The highest BCUT2D eigenvalue weighted by Gasteiger charge is 2.19. The fourth-order valence-electron chi connectivity index (χ4n) is 2.21. The number of benzene rings is 1. The number of nitrogens with one attached hydrogen (secondary N) is 2. The molecular formula is C18H27N3O5. The number of amides is 3. The van der Waals surface area contributed by atoms with Gasteiger partial charge in [0.05, 0.1) is 12.5 Å². The van der Waals surface area contributed by atoms with Crippen molar-refractivity contribution >= 4 is 17.9 Å². The van der Waals surface area contributed by atoms with Crippen LogP contribution in [-0.2, 0) is 20.9 Å². The Morgan fingerprint density at radius 1 is 1.23 bits per heavy atom. The Bertz CT molecular complexity index is 579. The molecule has 0 aliphatic rings. The Balaban J connectivity index is 2.27. The van der Waals surface area contributed by atoms with Crippen LogP contribution in [-0.4, -0.2) is 41.7 Å². The number of carbonyl (C=O) groups excluding carboxylic acids is 3. The van der Waals surface area contributed by atoms with Crippen molar-refractivity contribution in [1.82, 2.24) is 10.6 Å². The van der Waals surface area contributed by atoms with Crippen molar-refractivity contribution in [2.24, 2.45) is 5.73 Å². The number of aliphatic hydroxyl groups is 1. The first-order valence-electron chi connectivity index (χ1n) is 8.63. The molecule has 144 valence electrons. The third-order valence-corrected chi connectivity index (χ3v) is 3.64. The van der Waals surface area contributed by atoms with Gasteiger partial charge in [-0.25, -0.2) is 4.79 Å². The first-order chi connectivity index (χ1) is 12.4. The van der Waals surface area contributed by atoms with E-state index in [-0.39, 0.29) is 19.6 Å². The lowest BCUT2D eigenvalue weighted by Crippen LogP contribution is -2.46. The van der Waals surface area contributed by atoms with Gasteiger partial charge in [-0.3, -0.25) is 9.59 Å². The number of ether oxygens (including phenoxy) is 1. The zero-order valence-corrected chi connectivity index (χ0v) is 14.9. The summed E-state index contributed by atoms with van der Waals surface area (Å²) >= 11 is 0. The third-order valence-electron chi connectivity index (χ3n) is 3.64. The Hall–Kier alpha value is -2.61. The molecule has 1 aromatic rings. The van der Waals surface area contributed by atoms with Gasteiger partial charge in [-0.1, -0.05) is 50.1 Å². The van der Waals surface area contributed by atoms with E-state index in [1.807, 2.05) is 37.3 Å². The summed E-state index contributed by atoms with van der Waals surface area (Å²) in [7, 11) is 0. The summed E-state index contributed by atoms with van der Waals surface area (Å²) in [5, 5.41) is 14.7. The first kappa shape index (κ1) is 21.4. The van der Waals surface area contributed by atoms with Crippen LogP contribution < -0.4 is 16.4 Å². The molecular weight excluding hydrogens is 338 g/mol. The molecule has 0 bridgehead atoms. The maximum atomic E-state index is 11.9. The van der Waals surface area contributed by atoms with Gasteiger partial charge in [-0.05, 0) is 12.0 Å². The SMILES string of the molecule is CCCC[C@@H](NC(=O)C[C@@H](O)CNC(=O)OCc1ccccc1)C(N)=O. The van der Waals surface area contributed by atoms with Gasteiger partial charge in [0.15, 0.2) is 0 Å². The molecule has 0 unspecified atom stereocenters. The monoisotopic (exact) mass is 365 g/mol. The second-order valence-corrected chi connectivity index (χ2v) is 5.97. The highest BCUT2D eigenvalue weighted by Crippen LogP contribution is 2.02. The van der Waals surface area contributed by atoms with Crippen molar-refractivity contribution in [3.63, 3.8) is 0 Å². The number of unbranched alkanes of at least 4 members (excludes halogenated alkanes) is 1. The van der Waals surface area contributed by atoms with Gasteiger partial charge in [0.1, 0.15) is 12.6 Å². The van der Waals surface area contributed by atoms with Crippen LogP contribution in [0.3, 0.4) is 0 Å². The molecule has 5 N–H and O–H groups in total. The van der Waals surface area contributed by atoms with Crippen LogP contribution in [0.4, 0.5) is 4.79 Å². The van der Waals surface area contributed by atoms with Crippen LogP contribution in [0.5, 0.6) is 0 Å². The molecule has 3 amide bonds. The smallest absolute Gasteiger partial charge is 0.407 e. The Kier molecular flexibility index (Phi) is 9.78. The molecule has 0 heterocycles. The summed E-state index contributed by atoms with van der Waals surface area (Å²) in [5.74, 6) is -1.11. The number of rotatable bonds is 11. The van der Waals surface area contributed by atoms with Gasteiger partial charge in [-0.15, -0.1) is 0 Å². The molecule has 8 nitrogen and oxygen atoms in total. The lowest BCUT2D eigenvalue weighted by Gasteiger charge is -2.17. The molecule has 26 heavy (non-hydrogen) atoms. The molecule has 1 aromatic carbocycles. The first-order valence-corrected chi connectivity index (χ1v) is 8.63. The van der Waals surface area contributed by atoms with E-state index in [0.29, 0.717) is 6.42 Å². The van der Waals surface area contributed by atoms with E-state index >= 15 is 0 Å². The zero-order chi connectivity index (χ0) is 19.4. The average molecular weight is 365 g/mol. The van der Waals surface area contributed by atoms with Crippen LogP contribution >= 0.6 is 0 Å². The van der Waals surface area contributed by atoms with E-state index in [2.05, 4.69) is 10.6 Å². The van der Waals surface area contributed by atoms with Crippen molar-refractivity contribution in [1.29, 1.82) is 0 Å². The average Bonchev–Trinajstić information content (AvgIpc) is 2.62. The molecule has 1 rings (SSSR count). The van der Waals surface area contributed by atoms with Crippen LogP contribution in [0.1, 0.15) is 38.2 Å². The maximum Gasteiger partial charge on any atom is 0.407 e. The summed E-state index contributed by atoms with van der Waals surface area (Å²) in [6.07, 6.45) is 0.0417. The lowest BCUT2D eigenvalue weighted by molar-refractivity contribution is -0.128. The summed E-state index contributed by atoms with van der Waals surface area (Å²) in [4.78, 5) is 34.8. The Morgan fingerprint density at radius 2 is 1.92 bits per heavy atom. The molecule has 8 heteroatoms. The second kappa shape index (κ2) is 11.9.